The van der Waals surface area contributed by atoms with E-state index < -0.39 is 0 Å². The van der Waals surface area contributed by atoms with Crippen molar-refractivity contribution >= 4 is 0 Å². The van der Waals surface area contributed by atoms with Crippen molar-refractivity contribution in [3.8, 4) is 0 Å². The van der Waals surface area contributed by atoms with Gasteiger partial charge in [0, 0.05) is 5.54 Å². The van der Waals surface area contributed by atoms with Crippen LogP contribution in [0.4, 0.5) is 0 Å². The fourth-order valence-electron chi connectivity index (χ4n) is 0. The summed E-state index contributed by atoms with van der Waals surface area (Å²) in [5.41, 5.74) is 5.35. The van der Waals surface area contributed by atoms with Gasteiger partial charge in [-0.05, 0) is 20.8 Å². The molecule has 0 saturated heterocycles. The van der Waals surface area contributed by atoms with Gasteiger partial charge in [0.1, 0.15) is 0 Å². The molecule has 0 radical (unpaired) electrons. The topological polar surface area (TPSA) is 43.1 Å². The minimum absolute atomic E-state index is 0. The molecule has 0 aliphatic carbocycles. The maximum absolute atomic E-state index is 8.25. The molecular weight excluding hydrogens is 198 g/mol. The van der Waals surface area contributed by atoms with E-state index in [1.807, 2.05) is 61.3 Å². The van der Waals surface area contributed by atoms with Crippen molar-refractivity contribution < 1.29 is 23.7 Å². The van der Waals surface area contributed by atoms with Gasteiger partial charge in [0.05, 0.1) is 0 Å². The van der Waals surface area contributed by atoms with Gasteiger partial charge in [0.2, 0.25) is 0 Å². The minimum atomic E-state index is 0. The van der Waals surface area contributed by atoms with Gasteiger partial charge in [-0.2, -0.15) is 27.7 Å². The molecule has 3 heteroatoms. The summed E-state index contributed by atoms with van der Waals surface area (Å²) in [6.07, 6.45) is 4.00. The van der Waals surface area contributed by atoms with Crippen molar-refractivity contribution in [2.45, 2.75) is 54.0 Å². The van der Waals surface area contributed by atoms with Gasteiger partial charge in [0.15, 0.2) is 0 Å². The molecule has 0 atom stereocenters. The van der Waals surface area contributed by atoms with Crippen LogP contribution in [-0.4, -0.2) is 5.54 Å². The van der Waals surface area contributed by atoms with E-state index in [2.05, 4.69) is 0 Å². The SMILES string of the molecule is CC(C)(C)N.C[CH-]C.C[CH-]C.[O]=[Ti+2]. The second-order valence-corrected chi connectivity index (χ2v) is 3.52. The third kappa shape index (κ3) is 6080. The van der Waals surface area contributed by atoms with E-state index in [1.54, 1.807) is 0 Å². The van der Waals surface area contributed by atoms with Gasteiger partial charge in [-0.1, -0.05) is 0 Å². The normalized spacial score (nSPS) is 7.85. The Kier molecular flexibility index (Phi) is 41.1. The Balaban J connectivity index is -0.0000000446. The average molecular weight is 223 g/mol. The van der Waals surface area contributed by atoms with Crippen LogP contribution in [0.2, 0.25) is 0 Å². The van der Waals surface area contributed by atoms with Crippen LogP contribution in [0.3, 0.4) is 0 Å². The van der Waals surface area contributed by atoms with Crippen molar-refractivity contribution in [1.82, 2.24) is 0 Å². The number of rotatable bonds is 0. The molecule has 0 rings (SSSR count). The van der Waals surface area contributed by atoms with Crippen LogP contribution in [0.1, 0.15) is 48.5 Å². The van der Waals surface area contributed by atoms with Crippen molar-refractivity contribution in [2.24, 2.45) is 5.73 Å². The Morgan fingerprint density at radius 1 is 0.923 bits per heavy atom. The number of nitrogens with two attached hydrogens (primary N) is 1. The third-order valence-electron chi connectivity index (χ3n) is 0. The Morgan fingerprint density at radius 3 is 0.923 bits per heavy atom. The molecule has 0 saturated carbocycles. The molecule has 0 heterocycles. The van der Waals surface area contributed by atoms with Crippen molar-refractivity contribution in [2.75, 3.05) is 0 Å². The average Bonchev–Trinajstić information content (AvgIpc) is 1.90. The second kappa shape index (κ2) is 22.9. The monoisotopic (exact) mass is 223 g/mol. The first kappa shape index (κ1) is 23.4. The van der Waals surface area contributed by atoms with E-state index in [0.29, 0.717) is 0 Å². The van der Waals surface area contributed by atoms with Crippen LogP contribution in [0.25, 0.3) is 0 Å². The molecular formula is C10H25NOTi. The molecule has 0 fully saturated rings. The van der Waals surface area contributed by atoms with Gasteiger partial charge in [-0.25, -0.2) is 0 Å². The van der Waals surface area contributed by atoms with E-state index in [9.17, 15) is 0 Å². The van der Waals surface area contributed by atoms with Gasteiger partial charge in [-0.15, -0.1) is 0 Å². The van der Waals surface area contributed by atoms with Crippen LogP contribution < -0.4 is 5.73 Å². The van der Waals surface area contributed by atoms with E-state index >= 15 is 0 Å². The van der Waals surface area contributed by atoms with Gasteiger partial charge in [0.25, 0.3) is 0 Å². The number of hydrogen-bond acceptors (Lipinski definition) is 2. The van der Waals surface area contributed by atoms with Crippen LogP contribution in [0.5, 0.6) is 0 Å². The summed E-state index contributed by atoms with van der Waals surface area (Å²) in [6.45, 7) is 13.9. The molecule has 0 aliphatic heterocycles. The Bertz CT molecular complexity index is 54.4. The van der Waals surface area contributed by atoms with Crippen LogP contribution >= 0.6 is 0 Å². The molecule has 0 aromatic carbocycles. The van der Waals surface area contributed by atoms with E-state index in [0.717, 1.165) is 20.4 Å². The first-order valence-electron chi connectivity index (χ1n) is 4.30. The second-order valence-electron chi connectivity index (χ2n) is 3.52. The molecule has 0 amide bonds. The van der Waals surface area contributed by atoms with Gasteiger partial charge < -0.3 is 18.6 Å². The first-order chi connectivity index (χ1) is 5.83. The van der Waals surface area contributed by atoms with Crippen LogP contribution in [0.15, 0.2) is 0 Å². The summed E-state index contributed by atoms with van der Waals surface area (Å²) in [6, 6.07) is 0. The van der Waals surface area contributed by atoms with E-state index in [-0.39, 0.29) is 5.54 Å². The zero-order chi connectivity index (χ0) is 11.9. The van der Waals surface area contributed by atoms with E-state index in [1.165, 1.54) is 0 Å². The van der Waals surface area contributed by atoms with E-state index in [4.69, 9.17) is 9.06 Å². The van der Waals surface area contributed by atoms with Crippen molar-refractivity contribution in [1.29, 1.82) is 0 Å². The molecule has 0 bridgehead atoms. The molecule has 2 N–H and O–H groups in total. The summed E-state index contributed by atoms with van der Waals surface area (Å²) >= 11 is 0.750. The number of hydrogen-bond donors (Lipinski definition) is 1. The molecule has 80 valence electrons. The first-order valence-corrected chi connectivity index (χ1v) is 4.94. The summed E-state index contributed by atoms with van der Waals surface area (Å²) < 4.78 is 8.25. The molecule has 0 aliphatic rings. The predicted octanol–water partition coefficient (Wildman–Crippen LogP) is 3.08. The standard InChI is InChI=1S/C4H11N.2C3H7.O.Ti/c1-4(2,3)5;2*1-3-2;;/h5H2,1-3H3;2*3H,1-2H3;;/q;2*-1;;+2. The van der Waals surface area contributed by atoms with Crippen LogP contribution in [-0.2, 0) is 23.7 Å². The van der Waals surface area contributed by atoms with Gasteiger partial charge >= 0.3 is 23.7 Å². The molecule has 2 nitrogen and oxygen atoms in total. The van der Waals surface area contributed by atoms with Gasteiger partial charge in [-0.3, -0.25) is 0 Å². The third-order valence-corrected chi connectivity index (χ3v) is 0. The quantitative estimate of drug-likeness (QED) is 0.506. The molecule has 0 aromatic heterocycles. The molecule has 13 heavy (non-hydrogen) atoms. The summed E-state index contributed by atoms with van der Waals surface area (Å²) in [4.78, 5) is 0. The Morgan fingerprint density at radius 2 is 0.923 bits per heavy atom. The summed E-state index contributed by atoms with van der Waals surface area (Å²) in [7, 11) is 0. The molecule has 0 spiro atoms. The zero-order valence-electron chi connectivity index (χ0n) is 10.1. The summed E-state index contributed by atoms with van der Waals surface area (Å²) in [5.74, 6) is 0. The molecule has 0 unspecified atom stereocenters. The van der Waals surface area contributed by atoms with Crippen LogP contribution in [0, 0.1) is 12.8 Å². The van der Waals surface area contributed by atoms with Crippen molar-refractivity contribution in [3.63, 3.8) is 0 Å². The van der Waals surface area contributed by atoms with Crippen molar-refractivity contribution in [3.05, 3.63) is 12.8 Å². The maximum atomic E-state index is 8.25. The summed E-state index contributed by atoms with van der Waals surface area (Å²) in [5, 5.41) is 0. The fraction of sp³-hybridized carbons (Fsp3) is 0.800. The Hall–Kier alpha value is 0.474. The Labute approximate surface area is 96.4 Å². The molecule has 0 aromatic rings. The fourth-order valence-corrected chi connectivity index (χ4v) is 0. The predicted molar refractivity (Wildman–Crippen MR) is 55.9 cm³/mol. The zero-order valence-corrected chi connectivity index (χ0v) is 11.7.